The predicted octanol–water partition coefficient (Wildman–Crippen LogP) is 0.946. The first-order chi connectivity index (χ1) is 6.65. The maximum absolute atomic E-state index is 11.7. The maximum atomic E-state index is 11.7. The quantitative estimate of drug-likeness (QED) is 0.779. The molecule has 0 bridgehead atoms. The molecule has 0 saturated heterocycles. The summed E-state index contributed by atoms with van der Waals surface area (Å²) in [7, 11) is 1.77. The van der Waals surface area contributed by atoms with Crippen LogP contribution < -0.4 is 5.73 Å². The van der Waals surface area contributed by atoms with Gasteiger partial charge in [0.15, 0.2) is 0 Å². The van der Waals surface area contributed by atoms with Crippen LogP contribution in [0.1, 0.15) is 17.3 Å². The average Bonchev–Trinajstić information content (AvgIpc) is 2.69. The molecule has 0 aromatic carbocycles. The van der Waals surface area contributed by atoms with Gasteiger partial charge in [0, 0.05) is 13.6 Å². The molecule has 4 nitrogen and oxygen atoms in total. The number of hydrogen-bond acceptors (Lipinski definition) is 3. The van der Waals surface area contributed by atoms with Crippen LogP contribution in [0.2, 0.25) is 0 Å². The van der Waals surface area contributed by atoms with Crippen LogP contribution in [0, 0.1) is 5.92 Å². The Kier molecular flexibility index (Phi) is 3.71. The van der Waals surface area contributed by atoms with E-state index in [0.29, 0.717) is 24.6 Å². The zero-order valence-electron chi connectivity index (χ0n) is 8.56. The highest BCUT2D eigenvalue weighted by Gasteiger charge is 2.14. The first-order valence-electron chi connectivity index (χ1n) is 4.63. The number of carbonyl (C=O) groups is 1. The SMILES string of the molecule is CC(CN)CN(C)C(=O)c1ccoc1. The number of rotatable bonds is 4. The number of carbonyl (C=O) groups excluding carboxylic acids is 1. The minimum Gasteiger partial charge on any atom is -0.472 e. The van der Waals surface area contributed by atoms with Crippen molar-refractivity contribution in [2.45, 2.75) is 6.92 Å². The van der Waals surface area contributed by atoms with Gasteiger partial charge in [0.25, 0.3) is 5.91 Å². The molecule has 2 N–H and O–H groups in total. The van der Waals surface area contributed by atoms with Gasteiger partial charge in [-0.05, 0) is 18.5 Å². The van der Waals surface area contributed by atoms with Gasteiger partial charge >= 0.3 is 0 Å². The summed E-state index contributed by atoms with van der Waals surface area (Å²) in [5.41, 5.74) is 6.06. The number of nitrogens with two attached hydrogens (primary N) is 1. The minimum atomic E-state index is -0.0287. The van der Waals surface area contributed by atoms with E-state index in [1.165, 1.54) is 12.5 Å². The first-order valence-corrected chi connectivity index (χ1v) is 4.63. The topological polar surface area (TPSA) is 59.5 Å². The van der Waals surface area contributed by atoms with E-state index in [0.717, 1.165) is 0 Å². The van der Waals surface area contributed by atoms with Crippen LogP contribution in [0.3, 0.4) is 0 Å². The molecule has 0 aliphatic carbocycles. The van der Waals surface area contributed by atoms with E-state index < -0.39 is 0 Å². The van der Waals surface area contributed by atoms with E-state index >= 15 is 0 Å². The molecule has 78 valence electrons. The van der Waals surface area contributed by atoms with Gasteiger partial charge in [-0.1, -0.05) is 6.92 Å². The lowest BCUT2D eigenvalue weighted by Crippen LogP contribution is -2.33. The van der Waals surface area contributed by atoms with Crippen molar-refractivity contribution in [1.82, 2.24) is 4.90 Å². The summed E-state index contributed by atoms with van der Waals surface area (Å²) in [5, 5.41) is 0. The van der Waals surface area contributed by atoms with Crippen molar-refractivity contribution in [1.29, 1.82) is 0 Å². The summed E-state index contributed by atoms with van der Waals surface area (Å²) in [6, 6.07) is 1.66. The van der Waals surface area contributed by atoms with Crippen LogP contribution in [0.15, 0.2) is 23.0 Å². The smallest absolute Gasteiger partial charge is 0.256 e. The fraction of sp³-hybridized carbons (Fsp3) is 0.500. The normalized spacial score (nSPS) is 12.5. The van der Waals surface area contributed by atoms with Gasteiger partial charge in [0.05, 0.1) is 11.8 Å². The van der Waals surface area contributed by atoms with E-state index in [1.54, 1.807) is 18.0 Å². The van der Waals surface area contributed by atoms with E-state index in [4.69, 9.17) is 10.2 Å². The van der Waals surface area contributed by atoms with Gasteiger partial charge in [0.2, 0.25) is 0 Å². The highest BCUT2D eigenvalue weighted by atomic mass is 16.3. The summed E-state index contributed by atoms with van der Waals surface area (Å²) in [6.07, 6.45) is 2.94. The molecule has 4 heteroatoms. The Bertz CT molecular complexity index is 282. The van der Waals surface area contributed by atoms with Gasteiger partial charge in [-0.25, -0.2) is 0 Å². The van der Waals surface area contributed by atoms with Gasteiger partial charge in [-0.15, -0.1) is 0 Å². The van der Waals surface area contributed by atoms with Gasteiger partial charge in [-0.2, -0.15) is 0 Å². The number of furan rings is 1. The Labute approximate surface area is 83.7 Å². The molecule has 1 amide bonds. The van der Waals surface area contributed by atoms with E-state index in [2.05, 4.69) is 0 Å². The highest BCUT2D eigenvalue weighted by Crippen LogP contribution is 2.05. The third-order valence-corrected chi connectivity index (χ3v) is 2.10. The average molecular weight is 196 g/mol. The molecule has 0 fully saturated rings. The van der Waals surface area contributed by atoms with Gasteiger partial charge in [0.1, 0.15) is 6.26 Å². The van der Waals surface area contributed by atoms with Crippen LogP contribution in [0.4, 0.5) is 0 Å². The monoisotopic (exact) mass is 196 g/mol. The second-order valence-corrected chi connectivity index (χ2v) is 3.54. The highest BCUT2D eigenvalue weighted by molar-refractivity contribution is 5.93. The van der Waals surface area contributed by atoms with E-state index in [-0.39, 0.29) is 5.91 Å². The largest absolute Gasteiger partial charge is 0.472 e. The molecule has 0 aliphatic rings. The lowest BCUT2D eigenvalue weighted by Gasteiger charge is -2.19. The fourth-order valence-electron chi connectivity index (χ4n) is 1.23. The van der Waals surface area contributed by atoms with Crippen molar-refractivity contribution >= 4 is 5.91 Å². The molecule has 1 atom stereocenters. The Hall–Kier alpha value is -1.29. The maximum Gasteiger partial charge on any atom is 0.256 e. The summed E-state index contributed by atoms with van der Waals surface area (Å²) in [6.45, 7) is 3.27. The zero-order chi connectivity index (χ0) is 10.6. The predicted molar refractivity (Wildman–Crippen MR) is 53.9 cm³/mol. The van der Waals surface area contributed by atoms with Crippen LogP contribution in [-0.2, 0) is 0 Å². The fourth-order valence-corrected chi connectivity index (χ4v) is 1.23. The molecule has 0 radical (unpaired) electrons. The van der Waals surface area contributed by atoms with Crippen molar-refractivity contribution in [2.24, 2.45) is 11.7 Å². The minimum absolute atomic E-state index is 0.0287. The van der Waals surface area contributed by atoms with Crippen LogP contribution in [0.5, 0.6) is 0 Å². The number of hydrogen-bond donors (Lipinski definition) is 1. The van der Waals surface area contributed by atoms with E-state index in [1.807, 2.05) is 6.92 Å². The number of nitrogens with zero attached hydrogens (tertiary/aromatic N) is 1. The molecule has 1 unspecified atom stereocenters. The number of amides is 1. The molecule has 0 saturated carbocycles. The molecule has 0 spiro atoms. The Balaban J connectivity index is 2.53. The summed E-state index contributed by atoms with van der Waals surface area (Å²) in [5.74, 6) is 0.287. The van der Waals surface area contributed by atoms with Crippen molar-refractivity contribution in [3.05, 3.63) is 24.2 Å². The first kappa shape index (κ1) is 10.8. The third-order valence-electron chi connectivity index (χ3n) is 2.10. The van der Waals surface area contributed by atoms with Crippen molar-refractivity contribution in [3.63, 3.8) is 0 Å². The molecular formula is C10H16N2O2. The van der Waals surface area contributed by atoms with Crippen molar-refractivity contribution in [2.75, 3.05) is 20.1 Å². The zero-order valence-corrected chi connectivity index (χ0v) is 8.56. The van der Waals surface area contributed by atoms with Crippen LogP contribution in [-0.4, -0.2) is 30.9 Å². The Morgan fingerprint density at radius 1 is 1.71 bits per heavy atom. The summed E-state index contributed by atoms with van der Waals surface area (Å²) >= 11 is 0. The van der Waals surface area contributed by atoms with Gasteiger partial charge < -0.3 is 15.1 Å². The van der Waals surface area contributed by atoms with Crippen LogP contribution in [0.25, 0.3) is 0 Å². The lowest BCUT2D eigenvalue weighted by atomic mass is 10.1. The van der Waals surface area contributed by atoms with Gasteiger partial charge in [-0.3, -0.25) is 4.79 Å². The van der Waals surface area contributed by atoms with Crippen molar-refractivity contribution < 1.29 is 9.21 Å². The second kappa shape index (κ2) is 4.81. The molecule has 1 aromatic heterocycles. The molecule has 1 heterocycles. The summed E-state index contributed by atoms with van der Waals surface area (Å²) < 4.78 is 4.84. The van der Waals surface area contributed by atoms with Crippen LogP contribution >= 0.6 is 0 Å². The molecule has 1 aromatic rings. The molecule has 1 rings (SSSR count). The Morgan fingerprint density at radius 2 is 2.43 bits per heavy atom. The molecule has 14 heavy (non-hydrogen) atoms. The Morgan fingerprint density at radius 3 is 2.93 bits per heavy atom. The third kappa shape index (κ3) is 2.60. The van der Waals surface area contributed by atoms with Crippen molar-refractivity contribution in [3.8, 4) is 0 Å². The second-order valence-electron chi connectivity index (χ2n) is 3.54. The molecule has 0 aliphatic heterocycles. The van der Waals surface area contributed by atoms with E-state index in [9.17, 15) is 4.79 Å². The lowest BCUT2D eigenvalue weighted by molar-refractivity contribution is 0.0776. The molecular weight excluding hydrogens is 180 g/mol. The summed E-state index contributed by atoms with van der Waals surface area (Å²) in [4.78, 5) is 13.3. The standard InChI is InChI=1S/C10H16N2O2/c1-8(5-11)6-12(2)10(13)9-3-4-14-7-9/h3-4,7-8H,5-6,11H2,1-2H3.